The molecule has 150 valence electrons. The maximum atomic E-state index is 12.6. The Morgan fingerprint density at radius 2 is 1.56 bits per heavy atom. The number of nitrogens with one attached hydrogen (secondary N) is 1. The highest BCUT2D eigenvalue weighted by Crippen LogP contribution is 2.27. The van der Waals surface area contributed by atoms with E-state index in [0.717, 1.165) is 25.9 Å². The molecule has 2 aliphatic heterocycles. The van der Waals surface area contributed by atoms with Crippen molar-refractivity contribution in [3.05, 3.63) is 18.2 Å². The molecule has 1 N–H and O–H groups in total. The lowest BCUT2D eigenvalue weighted by atomic mass is 9.96. The van der Waals surface area contributed by atoms with E-state index in [9.17, 15) is 4.79 Å². The van der Waals surface area contributed by atoms with Crippen LogP contribution in [-0.4, -0.2) is 62.8 Å². The first-order chi connectivity index (χ1) is 13.2. The average molecular weight is 376 g/mol. The molecule has 0 spiro atoms. The van der Waals surface area contributed by atoms with Crippen LogP contribution in [0.15, 0.2) is 18.2 Å². The number of methoxy groups -OCH3 is 2. The summed E-state index contributed by atoms with van der Waals surface area (Å²) in [6.45, 7) is 5.34. The molecule has 0 unspecified atom stereocenters. The highest BCUT2D eigenvalue weighted by molar-refractivity contribution is 5.89. The van der Waals surface area contributed by atoms with E-state index in [4.69, 9.17) is 9.47 Å². The van der Waals surface area contributed by atoms with Crippen LogP contribution in [0.2, 0.25) is 0 Å². The predicted molar refractivity (Wildman–Crippen MR) is 108 cm³/mol. The van der Waals surface area contributed by atoms with Gasteiger partial charge in [0.05, 0.1) is 14.2 Å². The monoisotopic (exact) mass is 375 g/mol. The molecule has 0 atom stereocenters. The lowest BCUT2D eigenvalue weighted by molar-refractivity contribution is 0.155. The van der Waals surface area contributed by atoms with E-state index in [1.54, 1.807) is 20.3 Å². The molecule has 3 rings (SSSR count). The van der Waals surface area contributed by atoms with E-state index in [-0.39, 0.29) is 6.03 Å². The molecule has 1 aromatic carbocycles. The lowest BCUT2D eigenvalue weighted by Gasteiger charge is -2.34. The SMILES string of the molecule is COc1cc(NC(=O)N2CCC(CN3CCCCCC3)CC2)cc(OC)c1. The normalized spacial score (nSPS) is 19.4. The molecule has 2 aliphatic rings. The highest BCUT2D eigenvalue weighted by Gasteiger charge is 2.24. The van der Waals surface area contributed by atoms with Crippen molar-refractivity contribution in [1.82, 2.24) is 9.80 Å². The van der Waals surface area contributed by atoms with Gasteiger partial charge in [-0.25, -0.2) is 4.79 Å². The number of likely N-dealkylation sites (tertiary alicyclic amines) is 2. The van der Waals surface area contributed by atoms with Crippen LogP contribution in [0.3, 0.4) is 0 Å². The number of benzene rings is 1. The third-order valence-corrected chi connectivity index (χ3v) is 5.72. The van der Waals surface area contributed by atoms with Crippen molar-refractivity contribution in [2.75, 3.05) is 52.3 Å². The number of anilines is 1. The topological polar surface area (TPSA) is 54.0 Å². The van der Waals surface area contributed by atoms with Crippen LogP contribution < -0.4 is 14.8 Å². The first-order valence-electron chi connectivity index (χ1n) is 10.2. The summed E-state index contributed by atoms with van der Waals surface area (Å²) in [4.78, 5) is 17.2. The van der Waals surface area contributed by atoms with Gasteiger partial charge < -0.3 is 24.6 Å². The fourth-order valence-electron chi connectivity index (χ4n) is 4.08. The molecule has 0 saturated carbocycles. The second-order valence-electron chi connectivity index (χ2n) is 7.68. The van der Waals surface area contributed by atoms with E-state index in [1.807, 2.05) is 17.0 Å². The summed E-state index contributed by atoms with van der Waals surface area (Å²) in [6, 6.07) is 5.38. The van der Waals surface area contributed by atoms with Crippen LogP contribution in [0, 0.1) is 5.92 Å². The van der Waals surface area contributed by atoms with E-state index in [0.29, 0.717) is 23.1 Å². The zero-order chi connectivity index (χ0) is 19.1. The molecule has 2 amide bonds. The number of hydrogen-bond acceptors (Lipinski definition) is 4. The van der Waals surface area contributed by atoms with Crippen molar-refractivity contribution in [2.24, 2.45) is 5.92 Å². The number of carbonyl (C=O) groups excluding carboxylic acids is 1. The van der Waals surface area contributed by atoms with Crippen molar-refractivity contribution in [3.63, 3.8) is 0 Å². The summed E-state index contributed by atoms with van der Waals surface area (Å²) in [6.07, 6.45) is 7.61. The molecule has 2 saturated heterocycles. The van der Waals surface area contributed by atoms with E-state index >= 15 is 0 Å². The summed E-state index contributed by atoms with van der Waals surface area (Å²) in [7, 11) is 3.21. The highest BCUT2D eigenvalue weighted by atomic mass is 16.5. The Morgan fingerprint density at radius 1 is 0.963 bits per heavy atom. The van der Waals surface area contributed by atoms with Gasteiger partial charge >= 0.3 is 6.03 Å². The Hall–Kier alpha value is -1.95. The van der Waals surface area contributed by atoms with Crippen molar-refractivity contribution >= 4 is 11.7 Å². The number of ether oxygens (including phenoxy) is 2. The van der Waals surface area contributed by atoms with Gasteiger partial charge in [0, 0.05) is 43.5 Å². The lowest BCUT2D eigenvalue weighted by Crippen LogP contribution is -2.43. The second-order valence-corrected chi connectivity index (χ2v) is 7.68. The van der Waals surface area contributed by atoms with Crippen LogP contribution >= 0.6 is 0 Å². The fraction of sp³-hybridized carbons (Fsp3) is 0.667. The first-order valence-corrected chi connectivity index (χ1v) is 10.2. The van der Waals surface area contributed by atoms with Gasteiger partial charge in [-0.05, 0) is 44.7 Å². The molecular weight excluding hydrogens is 342 g/mol. The van der Waals surface area contributed by atoms with Crippen LogP contribution in [0.25, 0.3) is 0 Å². The summed E-state index contributed by atoms with van der Waals surface area (Å²) >= 11 is 0. The summed E-state index contributed by atoms with van der Waals surface area (Å²) in [5.41, 5.74) is 0.697. The number of hydrogen-bond donors (Lipinski definition) is 1. The number of piperidine rings is 1. The van der Waals surface area contributed by atoms with Gasteiger partial charge in [-0.15, -0.1) is 0 Å². The van der Waals surface area contributed by atoms with Crippen LogP contribution in [-0.2, 0) is 0 Å². The van der Waals surface area contributed by atoms with Crippen LogP contribution in [0.1, 0.15) is 38.5 Å². The third kappa shape index (κ3) is 5.76. The molecule has 0 aliphatic carbocycles. The minimum atomic E-state index is -0.0430. The number of carbonyl (C=O) groups is 1. The summed E-state index contributed by atoms with van der Waals surface area (Å²) < 4.78 is 10.5. The molecule has 0 bridgehead atoms. The number of nitrogens with zero attached hydrogens (tertiary/aromatic N) is 2. The van der Waals surface area contributed by atoms with Gasteiger partial charge in [-0.2, -0.15) is 0 Å². The Balaban J connectivity index is 1.48. The molecular formula is C21H33N3O3. The second kappa shape index (κ2) is 9.83. The van der Waals surface area contributed by atoms with E-state index in [1.165, 1.54) is 45.3 Å². The van der Waals surface area contributed by atoms with Crippen molar-refractivity contribution < 1.29 is 14.3 Å². The third-order valence-electron chi connectivity index (χ3n) is 5.72. The van der Waals surface area contributed by atoms with Gasteiger partial charge in [-0.3, -0.25) is 0 Å². The fourth-order valence-corrected chi connectivity index (χ4v) is 4.08. The largest absolute Gasteiger partial charge is 0.497 e. The van der Waals surface area contributed by atoms with Crippen molar-refractivity contribution in [2.45, 2.75) is 38.5 Å². The minimum absolute atomic E-state index is 0.0430. The predicted octanol–water partition coefficient (Wildman–Crippen LogP) is 3.82. The Labute approximate surface area is 162 Å². The van der Waals surface area contributed by atoms with E-state index < -0.39 is 0 Å². The van der Waals surface area contributed by atoms with Crippen molar-refractivity contribution in [3.8, 4) is 11.5 Å². The Morgan fingerprint density at radius 3 is 2.11 bits per heavy atom. The van der Waals surface area contributed by atoms with Crippen LogP contribution in [0.4, 0.5) is 10.5 Å². The zero-order valence-corrected chi connectivity index (χ0v) is 16.7. The molecule has 6 heteroatoms. The number of urea groups is 1. The van der Waals surface area contributed by atoms with Gasteiger partial charge in [0.1, 0.15) is 11.5 Å². The Bertz CT molecular complexity index is 584. The standard InChI is InChI=1S/C21H33N3O3/c1-26-19-13-18(14-20(15-19)27-2)22-21(25)24-11-7-17(8-12-24)16-23-9-5-3-4-6-10-23/h13-15,17H,3-12,16H2,1-2H3,(H,22,25). The van der Waals surface area contributed by atoms with Gasteiger partial charge in [0.25, 0.3) is 0 Å². The van der Waals surface area contributed by atoms with Gasteiger partial charge in [0.15, 0.2) is 0 Å². The molecule has 0 aromatic heterocycles. The van der Waals surface area contributed by atoms with Gasteiger partial charge in [-0.1, -0.05) is 12.8 Å². The summed E-state index contributed by atoms with van der Waals surface area (Å²) in [5, 5.41) is 2.98. The smallest absolute Gasteiger partial charge is 0.321 e. The molecule has 1 aromatic rings. The molecule has 2 heterocycles. The quantitative estimate of drug-likeness (QED) is 0.850. The Kier molecular flexibility index (Phi) is 7.21. The van der Waals surface area contributed by atoms with Crippen molar-refractivity contribution in [1.29, 1.82) is 0 Å². The molecule has 6 nitrogen and oxygen atoms in total. The first kappa shape index (κ1) is 19.8. The van der Waals surface area contributed by atoms with E-state index in [2.05, 4.69) is 10.2 Å². The molecule has 0 radical (unpaired) electrons. The molecule has 27 heavy (non-hydrogen) atoms. The number of amides is 2. The maximum Gasteiger partial charge on any atom is 0.321 e. The molecule has 2 fully saturated rings. The van der Waals surface area contributed by atoms with Crippen LogP contribution in [0.5, 0.6) is 11.5 Å². The summed E-state index contributed by atoms with van der Waals surface area (Å²) in [5.74, 6) is 2.05. The average Bonchev–Trinajstić information content (AvgIpc) is 2.96. The minimum Gasteiger partial charge on any atom is -0.497 e. The zero-order valence-electron chi connectivity index (χ0n) is 16.7. The number of rotatable bonds is 5. The maximum absolute atomic E-state index is 12.6. The van der Waals surface area contributed by atoms with Gasteiger partial charge in [0.2, 0.25) is 0 Å².